The van der Waals surface area contributed by atoms with Crippen LogP contribution in [-0.2, 0) is 19.6 Å². The van der Waals surface area contributed by atoms with E-state index < -0.39 is 21.9 Å². The fraction of sp³-hybridized carbons (Fsp3) is 0.417. The molecule has 0 saturated heterocycles. The molecule has 0 bridgehead atoms. The Morgan fingerprint density at radius 2 is 1.57 bits per heavy atom. The van der Waals surface area contributed by atoms with Crippen molar-refractivity contribution in [3.8, 4) is 17.2 Å². The summed E-state index contributed by atoms with van der Waals surface area (Å²) < 4.78 is 48.7. The largest absolute Gasteiger partial charge is 0.493 e. The Labute approximate surface area is 204 Å². The van der Waals surface area contributed by atoms with Crippen LogP contribution < -0.4 is 24.2 Å². The number of nitrogens with one attached hydrogen (secondary N) is 2. The minimum Gasteiger partial charge on any atom is -0.493 e. The van der Waals surface area contributed by atoms with Crippen LogP contribution in [0.3, 0.4) is 0 Å². The Hall–Kier alpha value is -3.31. The van der Waals surface area contributed by atoms with Gasteiger partial charge in [-0.3, -0.25) is 4.79 Å². The number of amides is 1. The van der Waals surface area contributed by atoms with Gasteiger partial charge in [-0.2, -0.15) is 0 Å². The van der Waals surface area contributed by atoms with Gasteiger partial charge >= 0.3 is 5.97 Å². The Balaban J connectivity index is 1.63. The molecule has 0 heterocycles. The lowest BCUT2D eigenvalue weighted by molar-refractivity contribution is -0.118. The lowest BCUT2D eigenvalue weighted by Gasteiger charge is -2.22. The molecule has 10 nitrogen and oxygen atoms in total. The van der Waals surface area contributed by atoms with E-state index in [9.17, 15) is 18.0 Å². The van der Waals surface area contributed by atoms with Crippen molar-refractivity contribution in [1.29, 1.82) is 0 Å². The van der Waals surface area contributed by atoms with E-state index in [1.165, 1.54) is 57.7 Å². The van der Waals surface area contributed by atoms with E-state index in [4.69, 9.17) is 18.9 Å². The maximum absolute atomic E-state index is 12.6. The summed E-state index contributed by atoms with van der Waals surface area (Å²) in [4.78, 5) is 24.8. The van der Waals surface area contributed by atoms with E-state index in [2.05, 4.69) is 10.0 Å². The second kappa shape index (κ2) is 11.9. The first kappa shape index (κ1) is 26.3. The molecule has 0 aliphatic heterocycles. The number of methoxy groups -OCH3 is 3. The predicted molar refractivity (Wildman–Crippen MR) is 129 cm³/mol. The number of benzene rings is 2. The number of carbonyl (C=O) groups excluding carboxylic acids is 2. The fourth-order valence-corrected chi connectivity index (χ4v) is 5.12. The second-order valence-corrected chi connectivity index (χ2v) is 9.72. The van der Waals surface area contributed by atoms with Crippen LogP contribution in [0.1, 0.15) is 42.5 Å². The summed E-state index contributed by atoms with van der Waals surface area (Å²) in [6, 6.07) is 8.64. The molecule has 190 valence electrons. The number of sulfonamides is 1. The molecule has 2 aromatic carbocycles. The molecule has 1 aliphatic rings. The molecule has 1 fully saturated rings. The number of hydrogen-bond donors (Lipinski definition) is 2. The number of ether oxygens (including phenoxy) is 4. The molecule has 11 heteroatoms. The molecule has 1 saturated carbocycles. The minimum absolute atomic E-state index is 0.0418. The average molecular weight is 507 g/mol. The number of anilines is 1. The smallest absolute Gasteiger partial charge is 0.340 e. The van der Waals surface area contributed by atoms with Crippen molar-refractivity contribution in [3.05, 3.63) is 42.0 Å². The molecule has 0 radical (unpaired) electrons. The quantitative estimate of drug-likeness (QED) is 0.470. The highest BCUT2D eigenvalue weighted by Crippen LogP contribution is 2.33. The molecule has 35 heavy (non-hydrogen) atoms. The van der Waals surface area contributed by atoms with Gasteiger partial charge in [-0.05, 0) is 37.1 Å². The van der Waals surface area contributed by atoms with Gasteiger partial charge in [0.2, 0.25) is 10.0 Å². The third-order valence-corrected chi connectivity index (χ3v) is 7.17. The molecule has 0 unspecified atom stereocenters. The standard InChI is InChI=1S/C24H30N2O8S/c1-31-21-13-19(24(28)33-3)20(14-22(21)32-2)25-23(27)15-34-17-9-11-18(12-10-17)35(29,30)26-16-7-5-4-6-8-16/h9-14,16,26H,4-8,15H2,1-3H3,(H,25,27). The van der Waals surface area contributed by atoms with E-state index in [1.807, 2.05) is 0 Å². The molecular formula is C24H30N2O8S. The van der Waals surface area contributed by atoms with Gasteiger partial charge in [0.05, 0.1) is 37.5 Å². The van der Waals surface area contributed by atoms with Gasteiger partial charge in [0.1, 0.15) is 5.75 Å². The summed E-state index contributed by atoms with van der Waals surface area (Å²) in [6.45, 7) is -0.374. The van der Waals surface area contributed by atoms with E-state index in [1.54, 1.807) is 0 Å². The third-order valence-electron chi connectivity index (χ3n) is 5.63. The summed E-state index contributed by atoms with van der Waals surface area (Å²) in [5, 5.41) is 2.60. The zero-order valence-electron chi connectivity index (χ0n) is 20.0. The van der Waals surface area contributed by atoms with Gasteiger partial charge in [0, 0.05) is 18.2 Å². The van der Waals surface area contributed by atoms with Crippen molar-refractivity contribution >= 4 is 27.6 Å². The Morgan fingerprint density at radius 1 is 0.943 bits per heavy atom. The summed E-state index contributed by atoms with van der Waals surface area (Å²) in [5.41, 5.74) is 0.247. The summed E-state index contributed by atoms with van der Waals surface area (Å²) >= 11 is 0. The van der Waals surface area contributed by atoms with Crippen molar-refractivity contribution in [1.82, 2.24) is 4.72 Å². The third kappa shape index (κ3) is 6.86. The van der Waals surface area contributed by atoms with Gasteiger partial charge in [-0.1, -0.05) is 19.3 Å². The highest BCUT2D eigenvalue weighted by Gasteiger charge is 2.22. The number of rotatable bonds is 10. The maximum Gasteiger partial charge on any atom is 0.340 e. The van der Waals surface area contributed by atoms with E-state index in [0.29, 0.717) is 17.2 Å². The molecule has 0 spiro atoms. The summed E-state index contributed by atoms with van der Waals surface area (Å²) in [5.74, 6) is -0.277. The first-order chi connectivity index (χ1) is 16.8. The topological polar surface area (TPSA) is 129 Å². The molecule has 0 atom stereocenters. The number of esters is 1. The zero-order valence-corrected chi connectivity index (χ0v) is 20.8. The Kier molecular flexibility index (Phi) is 8.94. The Bertz CT molecular complexity index is 1140. The van der Waals surface area contributed by atoms with Crippen LogP contribution in [0, 0.1) is 0 Å². The van der Waals surface area contributed by atoms with Crippen molar-refractivity contribution < 1.29 is 37.0 Å². The monoisotopic (exact) mass is 506 g/mol. The summed E-state index contributed by atoms with van der Waals surface area (Å²) in [6.07, 6.45) is 4.85. The highest BCUT2D eigenvalue weighted by molar-refractivity contribution is 7.89. The normalized spacial score (nSPS) is 14.1. The maximum atomic E-state index is 12.6. The van der Waals surface area contributed by atoms with Crippen LogP contribution in [0.25, 0.3) is 0 Å². The molecule has 0 aromatic heterocycles. The predicted octanol–water partition coefficient (Wildman–Crippen LogP) is 3.12. The molecular weight excluding hydrogens is 476 g/mol. The van der Waals surface area contributed by atoms with E-state index >= 15 is 0 Å². The van der Waals surface area contributed by atoms with Crippen LogP contribution in [0.15, 0.2) is 41.3 Å². The lowest BCUT2D eigenvalue weighted by atomic mass is 9.96. The van der Waals surface area contributed by atoms with Crippen molar-refractivity contribution in [2.24, 2.45) is 0 Å². The molecule has 1 aliphatic carbocycles. The number of hydrogen-bond acceptors (Lipinski definition) is 8. The molecule has 1 amide bonds. The van der Waals surface area contributed by atoms with Gasteiger partial charge < -0.3 is 24.3 Å². The SMILES string of the molecule is COC(=O)c1cc(OC)c(OC)cc1NC(=O)COc1ccc(S(=O)(=O)NC2CCCCC2)cc1. The van der Waals surface area contributed by atoms with Crippen LogP contribution in [0.4, 0.5) is 5.69 Å². The van der Waals surface area contributed by atoms with Crippen LogP contribution >= 0.6 is 0 Å². The highest BCUT2D eigenvalue weighted by atomic mass is 32.2. The van der Waals surface area contributed by atoms with Crippen molar-refractivity contribution in [2.45, 2.75) is 43.0 Å². The van der Waals surface area contributed by atoms with Crippen LogP contribution in [0.5, 0.6) is 17.2 Å². The van der Waals surface area contributed by atoms with Crippen LogP contribution in [0.2, 0.25) is 0 Å². The second-order valence-electron chi connectivity index (χ2n) is 8.01. The zero-order chi connectivity index (χ0) is 25.4. The number of carbonyl (C=O) groups is 2. The Morgan fingerprint density at radius 3 is 2.17 bits per heavy atom. The summed E-state index contributed by atoms with van der Waals surface area (Å²) in [7, 11) is 0.451. The molecule has 2 N–H and O–H groups in total. The van der Waals surface area contributed by atoms with Crippen molar-refractivity contribution in [3.63, 3.8) is 0 Å². The first-order valence-electron chi connectivity index (χ1n) is 11.2. The molecule has 3 rings (SSSR count). The lowest BCUT2D eigenvalue weighted by Crippen LogP contribution is -2.36. The van der Waals surface area contributed by atoms with Gasteiger partial charge in [0.25, 0.3) is 5.91 Å². The van der Waals surface area contributed by atoms with E-state index in [-0.39, 0.29) is 28.8 Å². The van der Waals surface area contributed by atoms with E-state index in [0.717, 1.165) is 32.1 Å². The van der Waals surface area contributed by atoms with Gasteiger partial charge in [-0.25, -0.2) is 17.9 Å². The van der Waals surface area contributed by atoms with Gasteiger partial charge in [0.15, 0.2) is 18.1 Å². The van der Waals surface area contributed by atoms with Crippen LogP contribution in [-0.4, -0.2) is 54.3 Å². The van der Waals surface area contributed by atoms with Crippen molar-refractivity contribution in [2.75, 3.05) is 33.3 Å². The average Bonchev–Trinajstić information content (AvgIpc) is 2.87. The minimum atomic E-state index is -3.63. The van der Waals surface area contributed by atoms with Gasteiger partial charge in [-0.15, -0.1) is 0 Å². The molecule has 2 aromatic rings. The first-order valence-corrected chi connectivity index (χ1v) is 12.6. The fourth-order valence-electron chi connectivity index (χ4n) is 3.82.